The van der Waals surface area contributed by atoms with Gasteiger partial charge in [-0.1, -0.05) is 72.7 Å². The second kappa shape index (κ2) is 6.92. The Hall–Kier alpha value is -2.06. The Labute approximate surface area is 160 Å². The molecule has 1 aliphatic rings. The van der Waals surface area contributed by atoms with Crippen molar-refractivity contribution in [2.24, 2.45) is 5.92 Å². The summed E-state index contributed by atoms with van der Waals surface area (Å²) < 4.78 is 0. The van der Waals surface area contributed by atoms with Gasteiger partial charge in [-0.15, -0.1) is 0 Å². The van der Waals surface area contributed by atoms with Gasteiger partial charge in [0.05, 0.1) is 0 Å². The molecule has 0 radical (unpaired) electrons. The van der Waals surface area contributed by atoms with Crippen LogP contribution in [0.4, 0.5) is 11.4 Å². The molecule has 3 rings (SSSR count). The third-order valence-electron chi connectivity index (χ3n) is 5.69. The van der Waals surface area contributed by atoms with Gasteiger partial charge in [0.15, 0.2) is 0 Å². The van der Waals surface area contributed by atoms with Crippen LogP contribution in [0.1, 0.15) is 31.9 Å². The molecule has 0 amide bonds. The molecule has 1 heterocycles. The van der Waals surface area contributed by atoms with E-state index in [0.29, 0.717) is 5.92 Å². The predicted molar refractivity (Wildman–Crippen MR) is 118 cm³/mol. The van der Waals surface area contributed by atoms with Crippen LogP contribution < -0.4 is 4.90 Å². The highest BCUT2D eigenvalue weighted by molar-refractivity contribution is 6.91. The first-order chi connectivity index (χ1) is 12.2. The molecular formula is C24H31NSi. The first-order valence-electron chi connectivity index (χ1n) is 9.58. The zero-order chi connectivity index (χ0) is 19.1. The molecule has 0 fully saturated rings. The van der Waals surface area contributed by atoms with Crippen molar-refractivity contribution in [1.82, 2.24) is 0 Å². The molecule has 0 atom stereocenters. The lowest BCUT2D eigenvalue weighted by atomic mass is 10.1. The highest BCUT2D eigenvalue weighted by Crippen LogP contribution is 2.43. The van der Waals surface area contributed by atoms with Crippen molar-refractivity contribution >= 4 is 19.4 Å². The number of allylic oxidation sites excluding steroid dienone is 3. The zero-order valence-electron chi connectivity index (χ0n) is 17.2. The monoisotopic (exact) mass is 361 g/mol. The summed E-state index contributed by atoms with van der Waals surface area (Å²) in [6.07, 6.45) is 2.45. The fourth-order valence-corrected chi connectivity index (χ4v) is 7.20. The minimum atomic E-state index is -1.55. The fraction of sp³-hybridized carbons (Fsp3) is 0.333. The largest absolute Gasteiger partial charge is 0.311 e. The van der Waals surface area contributed by atoms with E-state index in [4.69, 9.17) is 0 Å². The Kier molecular flexibility index (Phi) is 4.98. The third kappa shape index (κ3) is 3.31. The van der Waals surface area contributed by atoms with Gasteiger partial charge in [0.25, 0.3) is 0 Å². The van der Waals surface area contributed by atoms with Crippen LogP contribution in [0.2, 0.25) is 13.1 Å². The third-order valence-corrected chi connectivity index (χ3v) is 9.99. The van der Waals surface area contributed by atoms with E-state index < -0.39 is 8.07 Å². The molecule has 0 saturated heterocycles. The summed E-state index contributed by atoms with van der Waals surface area (Å²) in [6.45, 7) is 16.3. The zero-order valence-corrected chi connectivity index (χ0v) is 18.2. The number of aryl methyl sites for hydroxylation is 2. The maximum absolute atomic E-state index is 2.49. The Bertz CT molecular complexity index is 807. The van der Waals surface area contributed by atoms with Gasteiger partial charge < -0.3 is 4.90 Å². The van der Waals surface area contributed by atoms with Crippen molar-refractivity contribution in [2.75, 3.05) is 4.90 Å². The van der Waals surface area contributed by atoms with Crippen molar-refractivity contribution in [2.45, 2.75) is 47.7 Å². The van der Waals surface area contributed by atoms with Gasteiger partial charge in [-0.05, 0) is 57.0 Å². The van der Waals surface area contributed by atoms with Crippen LogP contribution in [0.25, 0.3) is 0 Å². The molecule has 1 aliphatic heterocycles. The molecule has 2 aromatic carbocycles. The molecule has 26 heavy (non-hydrogen) atoms. The number of rotatable bonds is 4. The summed E-state index contributed by atoms with van der Waals surface area (Å²) in [4.78, 5) is 2.46. The minimum Gasteiger partial charge on any atom is -0.311 e. The Balaban J connectivity index is 2.25. The molecule has 0 N–H and O–H groups in total. The molecule has 0 unspecified atom stereocenters. The van der Waals surface area contributed by atoms with Gasteiger partial charge in [-0.2, -0.15) is 0 Å². The lowest BCUT2D eigenvalue weighted by Crippen LogP contribution is -2.33. The number of hydrogen-bond donors (Lipinski definition) is 0. The lowest BCUT2D eigenvalue weighted by Gasteiger charge is -2.31. The first kappa shape index (κ1) is 18.7. The summed E-state index contributed by atoms with van der Waals surface area (Å²) in [6, 6.07) is 17.8. The molecule has 0 spiro atoms. The van der Waals surface area contributed by atoms with E-state index in [1.165, 1.54) is 28.2 Å². The van der Waals surface area contributed by atoms with Crippen LogP contribution in [0, 0.1) is 19.8 Å². The molecule has 0 bridgehead atoms. The molecule has 136 valence electrons. The average Bonchev–Trinajstić information content (AvgIpc) is 2.81. The standard InChI is InChI=1S/C24H31NSi/c1-17(2)24-23(16-20(5)26(24,6)7)25(21-12-8-18(3)9-13-21)22-14-10-19(4)11-15-22/h8-17H,1-7H3. The predicted octanol–water partition coefficient (Wildman–Crippen LogP) is 7.10. The molecule has 0 saturated carbocycles. The highest BCUT2D eigenvalue weighted by Gasteiger charge is 2.38. The van der Waals surface area contributed by atoms with E-state index in [1.54, 1.807) is 10.4 Å². The molecule has 2 heteroatoms. The van der Waals surface area contributed by atoms with Gasteiger partial charge in [0.1, 0.15) is 8.07 Å². The molecule has 0 aromatic heterocycles. The van der Waals surface area contributed by atoms with Gasteiger partial charge in [0, 0.05) is 17.1 Å². The van der Waals surface area contributed by atoms with Crippen LogP contribution in [-0.2, 0) is 0 Å². The summed E-state index contributed by atoms with van der Waals surface area (Å²) in [5.41, 5.74) is 6.46. The van der Waals surface area contributed by atoms with Gasteiger partial charge in [-0.3, -0.25) is 0 Å². The molecule has 0 aliphatic carbocycles. The van der Waals surface area contributed by atoms with Gasteiger partial charge >= 0.3 is 0 Å². The van der Waals surface area contributed by atoms with Crippen molar-refractivity contribution in [3.05, 3.63) is 81.8 Å². The second-order valence-electron chi connectivity index (χ2n) is 8.41. The van der Waals surface area contributed by atoms with E-state index >= 15 is 0 Å². The Morgan fingerprint density at radius 2 is 1.15 bits per heavy atom. The van der Waals surface area contributed by atoms with Gasteiger partial charge in [0.2, 0.25) is 0 Å². The van der Waals surface area contributed by atoms with Gasteiger partial charge in [-0.25, -0.2) is 0 Å². The number of hydrogen-bond acceptors (Lipinski definition) is 1. The molecular weight excluding hydrogens is 330 g/mol. The van der Waals surface area contributed by atoms with Crippen LogP contribution in [-0.4, -0.2) is 8.07 Å². The van der Waals surface area contributed by atoms with E-state index in [0.717, 1.165) is 0 Å². The van der Waals surface area contributed by atoms with E-state index in [-0.39, 0.29) is 0 Å². The smallest absolute Gasteiger partial charge is 0.105 e. The van der Waals surface area contributed by atoms with Crippen molar-refractivity contribution in [1.29, 1.82) is 0 Å². The van der Waals surface area contributed by atoms with E-state index in [9.17, 15) is 0 Å². The maximum atomic E-state index is 2.49. The Morgan fingerprint density at radius 1 is 0.731 bits per heavy atom. The Morgan fingerprint density at radius 3 is 1.54 bits per heavy atom. The highest BCUT2D eigenvalue weighted by atomic mass is 28.3. The maximum Gasteiger partial charge on any atom is 0.105 e. The van der Waals surface area contributed by atoms with E-state index in [1.807, 2.05) is 0 Å². The summed E-state index contributed by atoms with van der Waals surface area (Å²) in [7, 11) is -1.55. The number of nitrogens with zero attached hydrogens (tertiary/aromatic N) is 1. The number of anilines is 2. The van der Waals surface area contributed by atoms with Crippen molar-refractivity contribution in [3.8, 4) is 0 Å². The number of benzene rings is 2. The SMILES string of the molecule is CC1=CC(N(c2ccc(C)cc2)c2ccc(C)cc2)=C(C(C)C)[Si]1(C)C. The normalized spacial score (nSPS) is 16.2. The minimum absolute atomic E-state index is 0.554. The second-order valence-corrected chi connectivity index (χ2v) is 13.0. The van der Waals surface area contributed by atoms with Crippen molar-refractivity contribution < 1.29 is 0 Å². The molecule has 1 nitrogen and oxygen atoms in total. The van der Waals surface area contributed by atoms with Crippen LogP contribution in [0.3, 0.4) is 0 Å². The van der Waals surface area contributed by atoms with Crippen LogP contribution in [0.15, 0.2) is 70.7 Å². The van der Waals surface area contributed by atoms with E-state index in [2.05, 4.69) is 107 Å². The average molecular weight is 362 g/mol. The summed E-state index contributed by atoms with van der Waals surface area (Å²) in [5, 5.41) is 3.22. The summed E-state index contributed by atoms with van der Waals surface area (Å²) in [5.74, 6) is 0.554. The van der Waals surface area contributed by atoms with Crippen LogP contribution in [0.5, 0.6) is 0 Å². The topological polar surface area (TPSA) is 3.24 Å². The summed E-state index contributed by atoms with van der Waals surface area (Å²) >= 11 is 0. The molecule has 2 aromatic rings. The van der Waals surface area contributed by atoms with Crippen molar-refractivity contribution in [3.63, 3.8) is 0 Å². The fourth-order valence-electron chi connectivity index (χ4n) is 4.01. The quantitative estimate of drug-likeness (QED) is 0.525. The lowest BCUT2D eigenvalue weighted by molar-refractivity contribution is 0.795. The van der Waals surface area contributed by atoms with Crippen LogP contribution >= 0.6 is 0 Å². The first-order valence-corrected chi connectivity index (χ1v) is 12.6.